The van der Waals surface area contributed by atoms with Crippen LogP contribution in [0.15, 0.2) is 0 Å². The highest BCUT2D eigenvalue weighted by molar-refractivity contribution is 5.98. The van der Waals surface area contributed by atoms with E-state index in [0.717, 1.165) is 25.7 Å². The van der Waals surface area contributed by atoms with Gasteiger partial charge in [-0.2, -0.15) is 0 Å². The Labute approximate surface area is 189 Å². The van der Waals surface area contributed by atoms with Crippen molar-refractivity contribution in [3.8, 4) is 0 Å². The standard InChI is InChI=1S/C23H37N3O6/c1-15(2)12-16(20(28)23(3)14-32-23)24-21(29)17-13-31-11-6-4-5-9-19(27)26-10-7-8-18(26)22(30)25-17/h15-18H,4-14H2,1-3H3,(H,24,29)(H,25,30)/t16-,17-,18-,23+/m0/s1. The molecule has 9 nitrogen and oxygen atoms in total. The minimum absolute atomic E-state index is 0.0101. The van der Waals surface area contributed by atoms with Gasteiger partial charge in [0, 0.05) is 19.6 Å². The summed E-state index contributed by atoms with van der Waals surface area (Å²) in [7, 11) is 0. The second-order valence-electron chi connectivity index (χ2n) is 9.77. The monoisotopic (exact) mass is 451 g/mol. The Morgan fingerprint density at radius 1 is 1.22 bits per heavy atom. The third-order valence-electron chi connectivity index (χ3n) is 6.41. The fraction of sp³-hybridized carbons (Fsp3) is 0.826. The molecule has 2 N–H and O–H groups in total. The van der Waals surface area contributed by atoms with Crippen LogP contribution in [-0.4, -0.2) is 78.5 Å². The van der Waals surface area contributed by atoms with Crippen LogP contribution in [0.5, 0.6) is 0 Å². The first-order chi connectivity index (χ1) is 15.2. The number of ether oxygens (including phenoxy) is 2. The number of Topliss-reactive ketones (excluding diaryl/α,β-unsaturated/α-hetero) is 1. The first kappa shape index (κ1) is 24.6. The lowest BCUT2D eigenvalue weighted by molar-refractivity contribution is -0.140. The maximum Gasteiger partial charge on any atom is 0.245 e. The van der Waals surface area contributed by atoms with Crippen LogP contribution in [-0.2, 0) is 28.7 Å². The van der Waals surface area contributed by atoms with Gasteiger partial charge in [-0.15, -0.1) is 0 Å². The zero-order valence-corrected chi connectivity index (χ0v) is 19.5. The van der Waals surface area contributed by atoms with E-state index in [1.165, 1.54) is 0 Å². The SMILES string of the molecule is CC(C)C[C@H](NC(=O)[C@@H]1COCCCCCC(=O)N2CCC[C@H]2C(=O)N1)C(=O)[C@@]1(C)CO1. The summed E-state index contributed by atoms with van der Waals surface area (Å²) in [5.41, 5.74) is -0.845. The number of nitrogens with one attached hydrogen (secondary N) is 2. The van der Waals surface area contributed by atoms with Crippen LogP contribution in [0.4, 0.5) is 0 Å². The molecule has 0 bridgehead atoms. The zero-order chi connectivity index (χ0) is 23.3. The number of epoxide rings is 1. The molecular formula is C23H37N3O6. The van der Waals surface area contributed by atoms with Crippen LogP contribution in [0.1, 0.15) is 65.7 Å². The molecule has 3 fully saturated rings. The first-order valence-electron chi connectivity index (χ1n) is 11.9. The minimum atomic E-state index is -0.934. The van der Waals surface area contributed by atoms with Gasteiger partial charge >= 0.3 is 0 Å². The van der Waals surface area contributed by atoms with Gasteiger partial charge in [-0.25, -0.2) is 0 Å². The van der Waals surface area contributed by atoms with E-state index in [2.05, 4.69) is 10.6 Å². The van der Waals surface area contributed by atoms with E-state index >= 15 is 0 Å². The van der Waals surface area contributed by atoms with E-state index in [1.807, 2.05) is 13.8 Å². The minimum Gasteiger partial charge on any atom is -0.379 e. The molecule has 3 heterocycles. The van der Waals surface area contributed by atoms with Gasteiger partial charge < -0.3 is 25.0 Å². The molecular weight excluding hydrogens is 414 g/mol. The molecule has 4 atom stereocenters. The molecule has 3 aliphatic heterocycles. The number of amides is 3. The van der Waals surface area contributed by atoms with Gasteiger partial charge in [-0.05, 0) is 44.9 Å². The maximum absolute atomic E-state index is 13.1. The van der Waals surface area contributed by atoms with Crippen LogP contribution in [0.25, 0.3) is 0 Å². The molecule has 0 aliphatic carbocycles. The van der Waals surface area contributed by atoms with Crippen LogP contribution in [0.2, 0.25) is 0 Å². The molecule has 0 radical (unpaired) electrons. The van der Waals surface area contributed by atoms with Gasteiger partial charge in [0.15, 0.2) is 5.78 Å². The molecule has 3 saturated heterocycles. The summed E-state index contributed by atoms with van der Waals surface area (Å²) < 4.78 is 11.0. The number of nitrogens with zero attached hydrogens (tertiary/aromatic N) is 1. The van der Waals surface area contributed by atoms with E-state index in [4.69, 9.17) is 9.47 Å². The Hall–Kier alpha value is -2.00. The van der Waals surface area contributed by atoms with Gasteiger partial charge in [0.05, 0.1) is 19.3 Å². The molecule has 32 heavy (non-hydrogen) atoms. The second kappa shape index (κ2) is 10.7. The van der Waals surface area contributed by atoms with E-state index in [9.17, 15) is 19.2 Å². The number of carbonyl (C=O) groups excluding carboxylic acids is 4. The number of hydrogen-bond donors (Lipinski definition) is 2. The molecule has 3 amide bonds. The molecule has 0 aromatic heterocycles. The first-order valence-corrected chi connectivity index (χ1v) is 11.9. The largest absolute Gasteiger partial charge is 0.379 e. The lowest BCUT2D eigenvalue weighted by Crippen LogP contribution is -2.57. The number of hydrogen-bond acceptors (Lipinski definition) is 6. The summed E-state index contributed by atoms with van der Waals surface area (Å²) in [6.07, 6.45) is 4.65. The molecule has 0 spiro atoms. The number of carbonyl (C=O) groups is 4. The molecule has 0 aromatic carbocycles. The highest BCUT2D eigenvalue weighted by Crippen LogP contribution is 2.29. The van der Waals surface area contributed by atoms with Gasteiger partial charge in [-0.3, -0.25) is 19.2 Å². The van der Waals surface area contributed by atoms with Crippen molar-refractivity contribution < 1.29 is 28.7 Å². The highest BCUT2D eigenvalue weighted by atomic mass is 16.6. The van der Waals surface area contributed by atoms with Crippen molar-refractivity contribution in [2.24, 2.45) is 5.92 Å². The average Bonchev–Trinajstić information content (AvgIpc) is 3.29. The highest BCUT2D eigenvalue weighted by Gasteiger charge is 2.50. The van der Waals surface area contributed by atoms with E-state index < -0.39 is 29.6 Å². The van der Waals surface area contributed by atoms with Gasteiger partial charge in [0.1, 0.15) is 17.7 Å². The Balaban J connectivity index is 1.71. The van der Waals surface area contributed by atoms with Crippen LogP contribution in [0, 0.1) is 5.92 Å². The predicted octanol–water partition coefficient (Wildman–Crippen LogP) is 0.942. The average molecular weight is 452 g/mol. The third-order valence-corrected chi connectivity index (χ3v) is 6.41. The van der Waals surface area contributed by atoms with E-state index in [-0.39, 0.29) is 30.1 Å². The van der Waals surface area contributed by atoms with E-state index in [1.54, 1.807) is 11.8 Å². The lowest BCUT2D eigenvalue weighted by atomic mass is 9.93. The molecule has 9 heteroatoms. The van der Waals surface area contributed by atoms with Crippen LogP contribution < -0.4 is 10.6 Å². The van der Waals surface area contributed by atoms with Crippen LogP contribution in [0.3, 0.4) is 0 Å². The maximum atomic E-state index is 13.1. The van der Waals surface area contributed by atoms with E-state index in [0.29, 0.717) is 39.0 Å². The summed E-state index contributed by atoms with van der Waals surface area (Å²) in [6.45, 7) is 7.08. The molecule has 0 unspecified atom stereocenters. The van der Waals surface area contributed by atoms with Gasteiger partial charge in [0.2, 0.25) is 17.7 Å². The smallest absolute Gasteiger partial charge is 0.245 e. The zero-order valence-electron chi connectivity index (χ0n) is 19.5. The topological polar surface area (TPSA) is 117 Å². The summed E-state index contributed by atoms with van der Waals surface area (Å²) in [4.78, 5) is 53.2. The Bertz CT molecular complexity index is 721. The summed E-state index contributed by atoms with van der Waals surface area (Å²) in [5.74, 6) is -0.765. The van der Waals surface area contributed by atoms with Crippen molar-refractivity contribution in [3.05, 3.63) is 0 Å². The number of fused-ring (bicyclic) bond motifs is 1. The van der Waals surface area contributed by atoms with Gasteiger partial charge in [0.25, 0.3) is 0 Å². The molecule has 0 saturated carbocycles. The molecule has 180 valence electrons. The number of rotatable bonds is 6. The third kappa shape index (κ3) is 6.28. The van der Waals surface area contributed by atoms with Crippen molar-refractivity contribution in [1.29, 1.82) is 0 Å². The van der Waals surface area contributed by atoms with Crippen LogP contribution >= 0.6 is 0 Å². The summed E-state index contributed by atoms with van der Waals surface area (Å²) >= 11 is 0. The van der Waals surface area contributed by atoms with Crippen molar-refractivity contribution >= 4 is 23.5 Å². The van der Waals surface area contributed by atoms with Crippen molar-refractivity contribution in [2.75, 3.05) is 26.4 Å². The normalized spacial score (nSPS) is 30.4. The molecule has 0 aromatic rings. The van der Waals surface area contributed by atoms with Crippen molar-refractivity contribution in [2.45, 2.75) is 89.4 Å². The second-order valence-corrected chi connectivity index (χ2v) is 9.77. The Morgan fingerprint density at radius 2 is 1.97 bits per heavy atom. The molecule has 3 aliphatic rings. The Morgan fingerprint density at radius 3 is 2.66 bits per heavy atom. The fourth-order valence-electron chi connectivity index (χ4n) is 4.38. The van der Waals surface area contributed by atoms with Crippen molar-refractivity contribution in [3.63, 3.8) is 0 Å². The quantitative estimate of drug-likeness (QED) is 0.581. The van der Waals surface area contributed by atoms with Crippen molar-refractivity contribution in [1.82, 2.24) is 15.5 Å². The predicted molar refractivity (Wildman–Crippen MR) is 117 cm³/mol. The summed E-state index contributed by atoms with van der Waals surface area (Å²) in [6, 6.07) is -2.19. The van der Waals surface area contributed by atoms with Gasteiger partial charge in [-0.1, -0.05) is 20.3 Å². The summed E-state index contributed by atoms with van der Waals surface area (Å²) in [5, 5.41) is 5.62. The lowest BCUT2D eigenvalue weighted by Gasteiger charge is -2.27. The number of ketones is 1. The Kier molecular flexibility index (Phi) is 8.27. The fourth-order valence-corrected chi connectivity index (χ4v) is 4.38. The molecule has 3 rings (SSSR count).